The maximum absolute atomic E-state index is 12.4. The molecule has 4 nitrogen and oxygen atoms in total. The summed E-state index contributed by atoms with van der Waals surface area (Å²) in [6.45, 7) is 7.52. The second kappa shape index (κ2) is 5.61. The quantitative estimate of drug-likeness (QED) is 0.831. The van der Waals surface area contributed by atoms with Gasteiger partial charge in [0.1, 0.15) is 11.5 Å². The number of ketones is 1. The summed E-state index contributed by atoms with van der Waals surface area (Å²) in [5.74, 6) is 1.26. The summed E-state index contributed by atoms with van der Waals surface area (Å²) < 4.78 is 10.7. The zero-order valence-corrected chi connectivity index (χ0v) is 12.6. The Kier molecular flexibility index (Phi) is 4.58. The molecule has 0 fully saturated rings. The molecule has 4 heteroatoms. The van der Waals surface area contributed by atoms with Crippen LogP contribution in [0.1, 0.15) is 41.8 Å². The summed E-state index contributed by atoms with van der Waals surface area (Å²) in [5.41, 5.74) is 7.78. The van der Waals surface area contributed by atoms with Gasteiger partial charge in [0.05, 0.1) is 19.8 Å². The Morgan fingerprint density at radius 2 is 1.79 bits per heavy atom. The Hall–Kier alpha value is -1.55. The number of carbonyl (C=O) groups excluding carboxylic acids is 1. The fourth-order valence-electron chi connectivity index (χ4n) is 2.05. The lowest BCUT2D eigenvalue weighted by Gasteiger charge is -2.20. The van der Waals surface area contributed by atoms with E-state index in [1.165, 1.54) is 0 Å². The van der Waals surface area contributed by atoms with E-state index in [9.17, 15) is 4.79 Å². The largest absolute Gasteiger partial charge is 0.496 e. The summed E-state index contributed by atoms with van der Waals surface area (Å²) in [5, 5.41) is 0. The molecule has 1 aromatic rings. The topological polar surface area (TPSA) is 61.5 Å². The maximum atomic E-state index is 12.4. The first-order valence-corrected chi connectivity index (χ1v) is 6.25. The van der Waals surface area contributed by atoms with Crippen LogP contribution < -0.4 is 15.2 Å². The molecule has 19 heavy (non-hydrogen) atoms. The zero-order valence-electron chi connectivity index (χ0n) is 12.6. The molecular weight excluding hydrogens is 242 g/mol. The van der Waals surface area contributed by atoms with Crippen molar-refractivity contribution in [2.24, 2.45) is 5.73 Å². The zero-order chi connectivity index (χ0) is 14.8. The summed E-state index contributed by atoms with van der Waals surface area (Å²) in [4.78, 5) is 12.4. The van der Waals surface area contributed by atoms with Gasteiger partial charge in [-0.25, -0.2) is 0 Å². The van der Waals surface area contributed by atoms with E-state index in [0.717, 1.165) is 11.1 Å². The minimum absolute atomic E-state index is 0.0363. The van der Waals surface area contributed by atoms with Gasteiger partial charge in [-0.15, -0.1) is 0 Å². The lowest BCUT2D eigenvalue weighted by atomic mass is 9.92. The van der Waals surface area contributed by atoms with Crippen LogP contribution >= 0.6 is 0 Å². The van der Waals surface area contributed by atoms with Gasteiger partial charge >= 0.3 is 0 Å². The van der Waals surface area contributed by atoms with E-state index in [1.54, 1.807) is 20.3 Å². The molecule has 106 valence electrons. The molecule has 0 spiro atoms. The highest BCUT2D eigenvalue weighted by molar-refractivity contribution is 6.00. The van der Waals surface area contributed by atoms with Crippen molar-refractivity contribution in [3.63, 3.8) is 0 Å². The third-order valence-electron chi connectivity index (χ3n) is 3.13. The van der Waals surface area contributed by atoms with Gasteiger partial charge in [0.2, 0.25) is 0 Å². The molecule has 0 unspecified atom stereocenters. The average molecular weight is 265 g/mol. The number of hydrogen-bond acceptors (Lipinski definition) is 4. The van der Waals surface area contributed by atoms with Crippen LogP contribution in [0.5, 0.6) is 11.5 Å². The van der Waals surface area contributed by atoms with E-state index in [-0.39, 0.29) is 12.2 Å². The Morgan fingerprint density at radius 1 is 1.21 bits per heavy atom. The number of benzene rings is 1. The van der Waals surface area contributed by atoms with Crippen molar-refractivity contribution < 1.29 is 14.3 Å². The highest BCUT2D eigenvalue weighted by atomic mass is 16.5. The molecule has 0 aliphatic carbocycles. The highest BCUT2D eigenvalue weighted by Crippen LogP contribution is 2.34. The van der Waals surface area contributed by atoms with E-state index in [4.69, 9.17) is 15.2 Å². The summed E-state index contributed by atoms with van der Waals surface area (Å²) in [6.07, 6.45) is 0.259. The lowest BCUT2D eigenvalue weighted by Crippen LogP contribution is -2.34. The molecule has 0 bridgehead atoms. The third kappa shape index (κ3) is 3.47. The number of nitrogens with two attached hydrogens (primary N) is 1. The predicted octanol–water partition coefficient (Wildman–Crippen LogP) is 2.63. The van der Waals surface area contributed by atoms with Gasteiger partial charge in [-0.1, -0.05) is 0 Å². The fourth-order valence-corrected chi connectivity index (χ4v) is 2.05. The molecule has 0 saturated carbocycles. The second-order valence-electron chi connectivity index (χ2n) is 5.50. The van der Waals surface area contributed by atoms with Crippen LogP contribution in [0.3, 0.4) is 0 Å². The van der Waals surface area contributed by atoms with Gasteiger partial charge in [0.25, 0.3) is 0 Å². The van der Waals surface area contributed by atoms with Crippen LogP contribution in [-0.2, 0) is 0 Å². The fraction of sp³-hybridized carbons (Fsp3) is 0.533. The molecular formula is C15H23NO3. The van der Waals surface area contributed by atoms with E-state index < -0.39 is 5.54 Å². The number of hydrogen-bond donors (Lipinski definition) is 1. The monoisotopic (exact) mass is 265 g/mol. The minimum atomic E-state index is -0.547. The first-order chi connectivity index (χ1) is 8.71. The number of methoxy groups -OCH3 is 2. The van der Waals surface area contributed by atoms with Crippen molar-refractivity contribution in [1.82, 2.24) is 0 Å². The Morgan fingerprint density at radius 3 is 2.21 bits per heavy atom. The summed E-state index contributed by atoms with van der Waals surface area (Å²) >= 11 is 0. The number of Topliss-reactive ketones (excluding diaryl/α,β-unsaturated/α-hetero) is 1. The molecule has 2 N–H and O–H groups in total. The van der Waals surface area contributed by atoms with Gasteiger partial charge in [-0.05, 0) is 44.9 Å². The standard InChI is InChI=1S/C15H23NO3/c1-9-10(2)14(19-6)11(7-13(9)18-5)12(17)8-15(3,4)16/h7H,8,16H2,1-6H3. The van der Waals surface area contributed by atoms with E-state index >= 15 is 0 Å². The van der Waals surface area contributed by atoms with Crippen LogP contribution in [0.15, 0.2) is 6.07 Å². The summed E-state index contributed by atoms with van der Waals surface area (Å²) in [6, 6.07) is 1.73. The SMILES string of the molecule is COc1cc(C(=O)CC(C)(C)N)c(OC)c(C)c1C. The number of rotatable bonds is 5. The molecule has 0 atom stereocenters. The molecule has 1 rings (SSSR count). The lowest BCUT2D eigenvalue weighted by molar-refractivity contribution is 0.0957. The molecule has 0 aliphatic rings. The van der Waals surface area contributed by atoms with Crippen LogP contribution in [-0.4, -0.2) is 25.5 Å². The normalized spacial score (nSPS) is 11.3. The van der Waals surface area contributed by atoms with Gasteiger partial charge in [0.15, 0.2) is 5.78 Å². The first kappa shape index (κ1) is 15.5. The molecule has 0 radical (unpaired) electrons. The highest BCUT2D eigenvalue weighted by Gasteiger charge is 2.23. The van der Waals surface area contributed by atoms with Crippen molar-refractivity contribution in [1.29, 1.82) is 0 Å². The van der Waals surface area contributed by atoms with Crippen LogP contribution in [0.4, 0.5) is 0 Å². The maximum Gasteiger partial charge on any atom is 0.168 e. The number of carbonyl (C=O) groups is 1. The second-order valence-corrected chi connectivity index (χ2v) is 5.50. The van der Waals surface area contributed by atoms with Crippen LogP contribution in [0.2, 0.25) is 0 Å². The third-order valence-corrected chi connectivity index (χ3v) is 3.13. The Balaban J connectivity index is 3.34. The van der Waals surface area contributed by atoms with Crippen molar-refractivity contribution in [2.75, 3.05) is 14.2 Å². The Bertz CT molecular complexity index is 487. The van der Waals surface area contributed by atoms with Gasteiger partial charge < -0.3 is 15.2 Å². The average Bonchev–Trinajstić information content (AvgIpc) is 2.30. The van der Waals surface area contributed by atoms with Crippen LogP contribution in [0, 0.1) is 13.8 Å². The van der Waals surface area contributed by atoms with E-state index in [1.807, 2.05) is 27.7 Å². The number of ether oxygens (including phenoxy) is 2. The summed E-state index contributed by atoms with van der Waals surface area (Å²) in [7, 11) is 3.16. The molecule has 1 aromatic carbocycles. The van der Waals surface area contributed by atoms with Gasteiger partial charge in [0, 0.05) is 12.0 Å². The van der Waals surface area contributed by atoms with Crippen LogP contribution in [0.25, 0.3) is 0 Å². The smallest absolute Gasteiger partial charge is 0.168 e. The van der Waals surface area contributed by atoms with Crippen molar-refractivity contribution in [2.45, 2.75) is 39.7 Å². The minimum Gasteiger partial charge on any atom is -0.496 e. The van der Waals surface area contributed by atoms with Crippen molar-refractivity contribution >= 4 is 5.78 Å². The Labute approximate surface area is 114 Å². The molecule has 0 amide bonds. The molecule has 0 aliphatic heterocycles. The molecule has 0 heterocycles. The predicted molar refractivity (Wildman–Crippen MR) is 76.2 cm³/mol. The van der Waals surface area contributed by atoms with Crippen molar-refractivity contribution in [3.05, 3.63) is 22.8 Å². The van der Waals surface area contributed by atoms with E-state index in [2.05, 4.69) is 0 Å². The van der Waals surface area contributed by atoms with Crippen molar-refractivity contribution in [3.8, 4) is 11.5 Å². The first-order valence-electron chi connectivity index (χ1n) is 6.25. The van der Waals surface area contributed by atoms with E-state index in [0.29, 0.717) is 17.1 Å². The van der Waals surface area contributed by atoms with Gasteiger partial charge in [-0.3, -0.25) is 4.79 Å². The van der Waals surface area contributed by atoms with Gasteiger partial charge in [-0.2, -0.15) is 0 Å². The molecule has 0 aromatic heterocycles. The molecule has 0 saturated heterocycles.